The molecule has 0 saturated carbocycles. The van der Waals surface area contributed by atoms with Crippen LogP contribution in [0.1, 0.15) is 24.3 Å². The van der Waals surface area contributed by atoms with Crippen molar-refractivity contribution in [2.75, 3.05) is 6.61 Å². The molecule has 1 heterocycles. The van der Waals surface area contributed by atoms with Gasteiger partial charge in [-0.25, -0.2) is 9.78 Å². The van der Waals surface area contributed by atoms with E-state index in [-0.39, 0.29) is 0 Å². The van der Waals surface area contributed by atoms with Crippen molar-refractivity contribution in [1.82, 2.24) is 4.98 Å². The van der Waals surface area contributed by atoms with E-state index in [1.165, 1.54) is 12.2 Å². The number of halogens is 1. The molecule has 1 rings (SSSR count). The molecule has 0 aromatic carbocycles. The highest BCUT2D eigenvalue weighted by molar-refractivity contribution is 6.16. The first-order chi connectivity index (χ1) is 7.17. The van der Waals surface area contributed by atoms with Crippen LogP contribution in [0.2, 0.25) is 0 Å². The van der Waals surface area contributed by atoms with E-state index in [2.05, 4.69) is 4.98 Å². The van der Waals surface area contributed by atoms with Gasteiger partial charge in [0, 0.05) is 12.2 Å². The molecule has 0 atom stereocenters. The van der Waals surface area contributed by atoms with Crippen molar-refractivity contribution in [1.29, 1.82) is 0 Å². The number of rotatable bonds is 4. The SMILES string of the molecule is CCOC(=O)C=Cc1nc(CCl)c(C)o1. The summed E-state index contributed by atoms with van der Waals surface area (Å²) in [6.07, 6.45) is 2.73. The fraction of sp³-hybridized carbons (Fsp3) is 0.400. The quantitative estimate of drug-likeness (QED) is 0.452. The van der Waals surface area contributed by atoms with Crippen LogP contribution in [0.5, 0.6) is 0 Å². The number of hydrogen-bond acceptors (Lipinski definition) is 4. The van der Waals surface area contributed by atoms with Crippen LogP contribution in [0.4, 0.5) is 0 Å². The average molecular weight is 230 g/mol. The Balaban J connectivity index is 2.68. The smallest absolute Gasteiger partial charge is 0.330 e. The zero-order valence-corrected chi connectivity index (χ0v) is 9.37. The predicted octanol–water partition coefficient (Wildman–Crippen LogP) is 2.30. The van der Waals surface area contributed by atoms with E-state index in [0.717, 1.165) is 0 Å². The monoisotopic (exact) mass is 229 g/mol. The van der Waals surface area contributed by atoms with Crippen molar-refractivity contribution < 1.29 is 13.9 Å². The summed E-state index contributed by atoms with van der Waals surface area (Å²) in [5.41, 5.74) is 0.681. The second kappa shape index (κ2) is 5.56. The molecular weight excluding hydrogens is 218 g/mol. The molecule has 0 aliphatic heterocycles. The number of carbonyl (C=O) groups is 1. The minimum atomic E-state index is -0.416. The minimum Gasteiger partial charge on any atom is -0.463 e. The van der Waals surface area contributed by atoms with E-state index in [1.54, 1.807) is 13.8 Å². The van der Waals surface area contributed by atoms with Gasteiger partial charge in [-0.1, -0.05) is 0 Å². The van der Waals surface area contributed by atoms with Gasteiger partial charge in [-0.2, -0.15) is 0 Å². The zero-order valence-electron chi connectivity index (χ0n) is 8.62. The number of nitrogens with zero attached hydrogens (tertiary/aromatic N) is 1. The Hall–Kier alpha value is -1.29. The summed E-state index contributed by atoms with van der Waals surface area (Å²) in [6.45, 7) is 3.86. The molecule has 5 heteroatoms. The normalized spacial score (nSPS) is 10.9. The molecule has 0 amide bonds. The van der Waals surface area contributed by atoms with E-state index in [0.29, 0.717) is 29.8 Å². The predicted molar refractivity (Wildman–Crippen MR) is 56.5 cm³/mol. The summed E-state index contributed by atoms with van der Waals surface area (Å²) in [6, 6.07) is 0. The topological polar surface area (TPSA) is 52.3 Å². The van der Waals surface area contributed by atoms with Crippen LogP contribution in [0.25, 0.3) is 6.08 Å². The lowest BCUT2D eigenvalue weighted by Gasteiger charge is -1.92. The molecule has 0 spiro atoms. The van der Waals surface area contributed by atoms with E-state index < -0.39 is 5.97 Å². The molecule has 0 saturated heterocycles. The highest BCUT2D eigenvalue weighted by atomic mass is 35.5. The van der Waals surface area contributed by atoms with Gasteiger partial charge >= 0.3 is 5.97 Å². The first-order valence-electron chi connectivity index (χ1n) is 4.54. The fourth-order valence-electron chi connectivity index (χ4n) is 0.975. The van der Waals surface area contributed by atoms with E-state index in [4.69, 9.17) is 20.8 Å². The summed E-state index contributed by atoms with van der Waals surface area (Å²) in [7, 11) is 0. The number of esters is 1. The summed E-state index contributed by atoms with van der Waals surface area (Å²) in [5.74, 6) is 0.897. The molecule has 0 unspecified atom stereocenters. The third-order valence-corrected chi connectivity index (χ3v) is 1.94. The number of aryl methyl sites for hydroxylation is 1. The Kier molecular flexibility index (Phi) is 4.37. The number of aromatic nitrogens is 1. The van der Waals surface area contributed by atoms with Crippen LogP contribution >= 0.6 is 11.6 Å². The number of ether oxygens (including phenoxy) is 1. The summed E-state index contributed by atoms with van der Waals surface area (Å²) >= 11 is 5.62. The molecule has 0 aliphatic rings. The molecule has 15 heavy (non-hydrogen) atoms. The molecule has 82 valence electrons. The lowest BCUT2D eigenvalue weighted by Crippen LogP contribution is -1.98. The number of alkyl halides is 1. The Morgan fingerprint density at radius 3 is 2.93 bits per heavy atom. The molecule has 0 aliphatic carbocycles. The second-order valence-electron chi connectivity index (χ2n) is 2.77. The van der Waals surface area contributed by atoms with Crippen molar-refractivity contribution in [2.24, 2.45) is 0 Å². The molecule has 0 radical (unpaired) electrons. The summed E-state index contributed by atoms with van der Waals surface area (Å²) in [5, 5.41) is 0. The molecule has 1 aromatic rings. The molecule has 0 fully saturated rings. The van der Waals surface area contributed by atoms with Crippen LogP contribution in [-0.4, -0.2) is 17.6 Å². The number of oxazole rings is 1. The third-order valence-electron chi connectivity index (χ3n) is 1.68. The maximum absolute atomic E-state index is 11.0. The third kappa shape index (κ3) is 3.40. The van der Waals surface area contributed by atoms with Crippen molar-refractivity contribution in [3.63, 3.8) is 0 Å². The van der Waals surface area contributed by atoms with Crippen LogP contribution in [0, 0.1) is 6.92 Å². The second-order valence-corrected chi connectivity index (χ2v) is 3.04. The molecule has 0 N–H and O–H groups in total. The van der Waals surface area contributed by atoms with Crippen molar-refractivity contribution in [3.05, 3.63) is 23.4 Å². The van der Waals surface area contributed by atoms with Gasteiger partial charge in [0.1, 0.15) is 5.76 Å². The van der Waals surface area contributed by atoms with E-state index >= 15 is 0 Å². The Bertz CT molecular complexity index is 371. The Morgan fingerprint density at radius 2 is 2.40 bits per heavy atom. The largest absolute Gasteiger partial charge is 0.463 e. The van der Waals surface area contributed by atoms with Crippen LogP contribution in [0.3, 0.4) is 0 Å². The van der Waals surface area contributed by atoms with E-state index in [1.807, 2.05) is 0 Å². The van der Waals surface area contributed by atoms with Gasteiger partial charge in [0.05, 0.1) is 18.2 Å². The maximum Gasteiger partial charge on any atom is 0.330 e. The van der Waals surface area contributed by atoms with Gasteiger partial charge in [-0.3, -0.25) is 0 Å². The molecule has 1 aromatic heterocycles. The minimum absolute atomic E-state index is 0.294. The highest BCUT2D eigenvalue weighted by Crippen LogP contribution is 2.12. The zero-order chi connectivity index (χ0) is 11.3. The first-order valence-corrected chi connectivity index (χ1v) is 5.08. The van der Waals surface area contributed by atoms with Gasteiger partial charge in [0.15, 0.2) is 0 Å². The lowest BCUT2D eigenvalue weighted by molar-refractivity contribution is -0.137. The maximum atomic E-state index is 11.0. The first kappa shape index (κ1) is 11.8. The van der Waals surface area contributed by atoms with Gasteiger partial charge in [-0.05, 0) is 13.8 Å². The Morgan fingerprint density at radius 1 is 1.67 bits per heavy atom. The van der Waals surface area contributed by atoms with Crippen molar-refractivity contribution in [3.8, 4) is 0 Å². The lowest BCUT2D eigenvalue weighted by atomic mass is 10.4. The molecular formula is C10H12ClNO3. The Labute approximate surface area is 92.9 Å². The van der Waals surface area contributed by atoms with Crippen LogP contribution in [-0.2, 0) is 15.4 Å². The number of hydrogen-bond donors (Lipinski definition) is 0. The van der Waals surface area contributed by atoms with Crippen LogP contribution in [0.15, 0.2) is 10.5 Å². The standard InChI is InChI=1S/C10H12ClNO3/c1-3-14-10(13)5-4-9-12-8(6-11)7(2)15-9/h4-5H,3,6H2,1-2H3. The highest BCUT2D eigenvalue weighted by Gasteiger charge is 2.06. The van der Waals surface area contributed by atoms with E-state index in [9.17, 15) is 4.79 Å². The molecule has 0 bridgehead atoms. The summed E-state index contributed by atoms with van der Waals surface area (Å²) in [4.78, 5) is 15.0. The number of carbonyl (C=O) groups excluding carboxylic acids is 1. The van der Waals surface area contributed by atoms with Gasteiger partial charge in [0.2, 0.25) is 5.89 Å². The average Bonchev–Trinajstić information content (AvgIpc) is 2.56. The fourth-order valence-corrected chi connectivity index (χ4v) is 1.22. The van der Waals surface area contributed by atoms with Crippen molar-refractivity contribution in [2.45, 2.75) is 19.7 Å². The van der Waals surface area contributed by atoms with Gasteiger partial charge in [-0.15, -0.1) is 11.6 Å². The van der Waals surface area contributed by atoms with Crippen molar-refractivity contribution >= 4 is 23.6 Å². The van der Waals surface area contributed by atoms with Gasteiger partial charge in [0.25, 0.3) is 0 Å². The van der Waals surface area contributed by atoms with Crippen LogP contribution < -0.4 is 0 Å². The summed E-state index contributed by atoms with van der Waals surface area (Å²) < 4.78 is 9.95. The molecule has 4 nitrogen and oxygen atoms in total. The van der Waals surface area contributed by atoms with Gasteiger partial charge < -0.3 is 9.15 Å².